The third kappa shape index (κ3) is 2.64. The Labute approximate surface area is 101 Å². The van der Waals surface area contributed by atoms with Gasteiger partial charge in [-0.15, -0.1) is 0 Å². The lowest BCUT2D eigenvalue weighted by atomic mass is 10.4. The van der Waals surface area contributed by atoms with Crippen molar-refractivity contribution in [1.82, 2.24) is 24.5 Å². The topological polar surface area (TPSA) is 60.6 Å². The number of aryl methyl sites for hydroxylation is 3. The van der Waals surface area contributed by atoms with E-state index in [1.54, 1.807) is 11.0 Å². The maximum atomic E-state index is 4.28. The van der Waals surface area contributed by atoms with E-state index in [9.17, 15) is 0 Å². The first kappa shape index (κ1) is 11.6. The van der Waals surface area contributed by atoms with Crippen LogP contribution < -0.4 is 5.32 Å². The van der Waals surface area contributed by atoms with E-state index in [1.807, 2.05) is 24.9 Å². The largest absolute Gasteiger partial charge is 0.375 e. The zero-order valence-electron chi connectivity index (χ0n) is 10.5. The first-order valence-electron chi connectivity index (χ1n) is 5.81. The Morgan fingerprint density at radius 2 is 2.24 bits per heavy atom. The van der Waals surface area contributed by atoms with E-state index >= 15 is 0 Å². The van der Waals surface area contributed by atoms with Crippen molar-refractivity contribution >= 4 is 5.69 Å². The Hall–Kier alpha value is -1.85. The minimum atomic E-state index is 0.673. The van der Waals surface area contributed by atoms with Crippen LogP contribution in [0.3, 0.4) is 0 Å². The lowest BCUT2D eigenvalue weighted by Crippen LogP contribution is -2.10. The van der Waals surface area contributed by atoms with Gasteiger partial charge in [0.05, 0.1) is 17.9 Å². The van der Waals surface area contributed by atoms with E-state index in [0.717, 1.165) is 30.2 Å². The van der Waals surface area contributed by atoms with Gasteiger partial charge in [0.15, 0.2) is 0 Å². The highest BCUT2D eigenvalue weighted by molar-refractivity contribution is 5.45. The highest BCUT2D eigenvalue weighted by Crippen LogP contribution is 2.12. The van der Waals surface area contributed by atoms with E-state index in [4.69, 9.17) is 0 Å². The number of nitrogens with zero attached hydrogens (tertiary/aromatic N) is 5. The van der Waals surface area contributed by atoms with Crippen molar-refractivity contribution < 1.29 is 0 Å². The highest BCUT2D eigenvalue weighted by atomic mass is 15.3. The molecule has 0 spiro atoms. The van der Waals surface area contributed by atoms with Crippen molar-refractivity contribution in [3.05, 3.63) is 24.0 Å². The third-order valence-electron chi connectivity index (χ3n) is 2.58. The SMILES string of the molecule is CCCn1ncnc1CNc1cn(C)nc1C. The molecule has 0 radical (unpaired) electrons. The van der Waals surface area contributed by atoms with Gasteiger partial charge in [0.1, 0.15) is 12.2 Å². The second kappa shape index (κ2) is 4.99. The van der Waals surface area contributed by atoms with Crippen LogP contribution in [-0.4, -0.2) is 24.5 Å². The molecule has 1 N–H and O–H groups in total. The maximum Gasteiger partial charge on any atom is 0.146 e. The fourth-order valence-corrected chi connectivity index (χ4v) is 1.77. The molecule has 2 aromatic rings. The standard InChI is InChI=1S/C11H18N6/c1-4-5-17-11(13-8-14-17)6-12-10-7-16(3)15-9(10)2/h7-8,12H,4-6H2,1-3H3. The third-order valence-corrected chi connectivity index (χ3v) is 2.58. The summed E-state index contributed by atoms with van der Waals surface area (Å²) in [6, 6.07) is 0. The molecule has 0 aromatic carbocycles. The van der Waals surface area contributed by atoms with Gasteiger partial charge in [0.2, 0.25) is 0 Å². The van der Waals surface area contributed by atoms with E-state index < -0.39 is 0 Å². The highest BCUT2D eigenvalue weighted by Gasteiger charge is 2.06. The maximum absolute atomic E-state index is 4.28. The molecule has 2 rings (SSSR count). The summed E-state index contributed by atoms with van der Waals surface area (Å²) in [5, 5.41) is 11.8. The summed E-state index contributed by atoms with van der Waals surface area (Å²) in [5.74, 6) is 0.954. The number of nitrogens with one attached hydrogen (secondary N) is 1. The van der Waals surface area contributed by atoms with Gasteiger partial charge in [-0.2, -0.15) is 10.2 Å². The lowest BCUT2D eigenvalue weighted by molar-refractivity contribution is 0.574. The van der Waals surface area contributed by atoms with Crippen LogP contribution in [0.15, 0.2) is 12.5 Å². The van der Waals surface area contributed by atoms with Crippen LogP contribution in [0.2, 0.25) is 0 Å². The van der Waals surface area contributed by atoms with Gasteiger partial charge in [-0.05, 0) is 13.3 Å². The van der Waals surface area contributed by atoms with Crippen LogP contribution in [-0.2, 0) is 20.1 Å². The number of rotatable bonds is 5. The van der Waals surface area contributed by atoms with Crippen molar-refractivity contribution in [2.75, 3.05) is 5.32 Å². The summed E-state index contributed by atoms with van der Waals surface area (Å²) < 4.78 is 3.73. The molecule has 6 nitrogen and oxygen atoms in total. The summed E-state index contributed by atoms with van der Waals surface area (Å²) >= 11 is 0. The number of aromatic nitrogens is 5. The second-order valence-electron chi connectivity index (χ2n) is 4.05. The van der Waals surface area contributed by atoms with Crippen LogP contribution in [0, 0.1) is 6.92 Å². The Balaban J connectivity index is 2.02. The Kier molecular flexibility index (Phi) is 3.41. The summed E-state index contributed by atoms with van der Waals surface area (Å²) in [7, 11) is 1.91. The first-order valence-corrected chi connectivity index (χ1v) is 5.81. The lowest BCUT2D eigenvalue weighted by Gasteiger charge is -2.06. The molecule has 0 atom stereocenters. The Morgan fingerprint density at radius 3 is 2.88 bits per heavy atom. The second-order valence-corrected chi connectivity index (χ2v) is 4.05. The monoisotopic (exact) mass is 234 g/mol. The fraction of sp³-hybridized carbons (Fsp3) is 0.545. The molecule has 0 aliphatic heterocycles. The van der Waals surface area contributed by atoms with Crippen LogP contribution in [0.25, 0.3) is 0 Å². The summed E-state index contributed by atoms with van der Waals surface area (Å²) in [6.07, 6.45) is 4.63. The van der Waals surface area contributed by atoms with Crippen LogP contribution >= 0.6 is 0 Å². The van der Waals surface area contributed by atoms with Gasteiger partial charge in [0.25, 0.3) is 0 Å². The molecule has 0 fully saturated rings. The van der Waals surface area contributed by atoms with Crippen LogP contribution in [0.1, 0.15) is 24.9 Å². The molecule has 0 unspecified atom stereocenters. The molecule has 0 saturated carbocycles. The van der Waals surface area contributed by atoms with Gasteiger partial charge < -0.3 is 5.32 Å². The van der Waals surface area contributed by atoms with Crippen LogP contribution in [0.5, 0.6) is 0 Å². The quantitative estimate of drug-likeness (QED) is 0.848. The number of hydrogen-bond acceptors (Lipinski definition) is 4. The average Bonchev–Trinajstić information content (AvgIpc) is 2.83. The molecule has 92 valence electrons. The smallest absolute Gasteiger partial charge is 0.146 e. The molecular formula is C11H18N6. The van der Waals surface area contributed by atoms with Crippen molar-refractivity contribution in [1.29, 1.82) is 0 Å². The molecular weight excluding hydrogens is 216 g/mol. The summed E-state index contributed by atoms with van der Waals surface area (Å²) in [6.45, 7) is 5.69. The number of anilines is 1. The summed E-state index contributed by atoms with van der Waals surface area (Å²) in [5.41, 5.74) is 2.03. The molecule has 0 bridgehead atoms. The molecule has 0 saturated heterocycles. The van der Waals surface area contributed by atoms with E-state index in [1.165, 1.54) is 0 Å². The molecule has 6 heteroatoms. The van der Waals surface area contributed by atoms with Crippen molar-refractivity contribution in [2.45, 2.75) is 33.4 Å². The van der Waals surface area contributed by atoms with E-state index in [0.29, 0.717) is 6.54 Å². The average molecular weight is 234 g/mol. The van der Waals surface area contributed by atoms with Gasteiger partial charge in [-0.25, -0.2) is 9.67 Å². The van der Waals surface area contributed by atoms with Gasteiger partial charge in [-0.1, -0.05) is 6.92 Å². The predicted molar refractivity (Wildman–Crippen MR) is 65.6 cm³/mol. The predicted octanol–water partition coefficient (Wildman–Crippen LogP) is 1.34. The molecule has 2 heterocycles. The normalized spacial score (nSPS) is 10.8. The van der Waals surface area contributed by atoms with E-state index in [2.05, 4.69) is 27.4 Å². The van der Waals surface area contributed by atoms with Gasteiger partial charge in [-0.3, -0.25) is 4.68 Å². The van der Waals surface area contributed by atoms with Gasteiger partial charge in [0, 0.05) is 19.8 Å². The van der Waals surface area contributed by atoms with Crippen molar-refractivity contribution in [3.8, 4) is 0 Å². The zero-order chi connectivity index (χ0) is 12.3. The molecule has 0 amide bonds. The number of hydrogen-bond donors (Lipinski definition) is 1. The Morgan fingerprint density at radius 1 is 1.41 bits per heavy atom. The van der Waals surface area contributed by atoms with E-state index in [-0.39, 0.29) is 0 Å². The first-order chi connectivity index (χ1) is 8.20. The summed E-state index contributed by atoms with van der Waals surface area (Å²) in [4.78, 5) is 4.25. The zero-order valence-corrected chi connectivity index (χ0v) is 10.5. The minimum absolute atomic E-state index is 0.673. The molecule has 17 heavy (non-hydrogen) atoms. The Bertz CT molecular complexity index is 484. The van der Waals surface area contributed by atoms with Gasteiger partial charge >= 0.3 is 0 Å². The fourth-order valence-electron chi connectivity index (χ4n) is 1.77. The molecule has 0 aliphatic rings. The molecule has 2 aromatic heterocycles. The van der Waals surface area contributed by atoms with Crippen molar-refractivity contribution in [2.24, 2.45) is 7.05 Å². The minimum Gasteiger partial charge on any atom is -0.375 e. The molecule has 0 aliphatic carbocycles. The van der Waals surface area contributed by atoms with Crippen molar-refractivity contribution in [3.63, 3.8) is 0 Å². The van der Waals surface area contributed by atoms with Crippen LogP contribution in [0.4, 0.5) is 5.69 Å².